The third-order valence-electron chi connectivity index (χ3n) is 4.41. The zero-order valence-corrected chi connectivity index (χ0v) is 14.5. The molecule has 2 N–H and O–H groups in total. The van der Waals surface area contributed by atoms with Gasteiger partial charge in [-0.15, -0.1) is 0 Å². The number of methoxy groups -OCH3 is 1. The summed E-state index contributed by atoms with van der Waals surface area (Å²) in [7, 11) is 1.33. The van der Waals surface area contributed by atoms with Gasteiger partial charge in [-0.05, 0) is 35.9 Å². The number of nitrogens with one attached hydrogen (secondary N) is 2. The van der Waals surface area contributed by atoms with Gasteiger partial charge in [0.2, 0.25) is 5.91 Å². The van der Waals surface area contributed by atoms with E-state index in [1.165, 1.54) is 7.11 Å². The Morgan fingerprint density at radius 3 is 2.85 bits per heavy atom. The van der Waals surface area contributed by atoms with Crippen LogP contribution in [-0.4, -0.2) is 35.4 Å². The Kier molecular flexibility index (Phi) is 4.25. The first kappa shape index (κ1) is 16.7. The van der Waals surface area contributed by atoms with Gasteiger partial charge in [-0.2, -0.15) is 5.10 Å². The quantitative estimate of drug-likeness (QED) is 0.551. The maximum Gasteiger partial charge on any atom is 0.338 e. The maximum atomic E-state index is 12.2. The number of aliphatic imine (C=N–C) groups is 1. The molecule has 2 aromatic carbocycles. The van der Waals surface area contributed by atoms with Gasteiger partial charge in [0, 0.05) is 23.7 Å². The second-order valence-electron chi connectivity index (χ2n) is 6.02. The Morgan fingerprint density at radius 1 is 1.22 bits per heavy atom. The fourth-order valence-electron chi connectivity index (χ4n) is 3.07. The number of hydrogen-bond donors (Lipinski definition) is 2. The molecule has 0 spiro atoms. The molecule has 3 aromatic rings. The predicted octanol–water partition coefficient (Wildman–Crippen LogP) is 3.30. The van der Waals surface area contributed by atoms with Crippen molar-refractivity contribution in [3.05, 3.63) is 65.9 Å². The molecule has 0 bridgehead atoms. The monoisotopic (exact) mass is 360 g/mol. The maximum absolute atomic E-state index is 12.2. The zero-order chi connectivity index (χ0) is 18.8. The molecule has 0 saturated carbocycles. The third-order valence-corrected chi connectivity index (χ3v) is 4.41. The van der Waals surface area contributed by atoms with Crippen molar-refractivity contribution in [1.29, 1.82) is 0 Å². The molecule has 7 nitrogen and oxygen atoms in total. The summed E-state index contributed by atoms with van der Waals surface area (Å²) in [5, 5.41) is 9.59. The number of aromatic amines is 1. The zero-order valence-electron chi connectivity index (χ0n) is 14.5. The summed E-state index contributed by atoms with van der Waals surface area (Å²) in [5.41, 5.74) is 3.97. The minimum Gasteiger partial charge on any atom is -0.465 e. The number of amides is 1. The average molecular weight is 360 g/mol. The molecule has 4 rings (SSSR count). The van der Waals surface area contributed by atoms with Crippen LogP contribution < -0.4 is 5.32 Å². The lowest BCUT2D eigenvalue weighted by Gasteiger charge is -2.08. The van der Waals surface area contributed by atoms with Gasteiger partial charge < -0.3 is 10.1 Å². The number of benzene rings is 2. The number of para-hydroxylation sites is 1. The number of H-pyrrole nitrogens is 1. The van der Waals surface area contributed by atoms with Gasteiger partial charge in [-0.1, -0.05) is 18.2 Å². The molecule has 0 saturated heterocycles. The molecule has 1 amide bonds. The predicted molar refractivity (Wildman–Crippen MR) is 101 cm³/mol. The summed E-state index contributed by atoms with van der Waals surface area (Å²) in [6.45, 7) is 0. The molecule has 1 aliphatic rings. The van der Waals surface area contributed by atoms with E-state index in [4.69, 9.17) is 4.74 Å². The van der Waals surface area contributed by atoms with Crippen molar-refractivity contribution in [3.8, 4) is 11.3 Å². The molecular weight excluding hydrogens is 344 g/mol. The van der Waals surface area contributed by atoms with Crippen LogP contribution in [-0.2, 0) is 9.53 Å². The second-order valence-corrected chi connectivity index (χ2v) is 6.02. The van der Waals surface area contributed by atoms with Crippen LogP contribution >= 0.6 is 0 Å². The standard InChI is InChI=1S/C20H16N4O3/c1-27-20(26)15-10-12(6-7-14(15)18-8-9-22-24-18)21-11-16-13-4-2-3-5-17(13)23-19(16)25/h2-11,16H,1H3,(H,22,24)(H,23,25). The molecule has 1 aromatic heterocycles. The van der Waals surface area contributed by atoms with Gasteiger partial charge in [0.05, 0.1) is 24.1 Å². The molecule has 1 unspecified atom stereocenters. The fourth-order valence-corrected chi connectivity index (χ4v) is 3.07. The number of esters is 1. The van der Waals surface area contributed by atoms with Gasteiger partial charge in [-0.25, -0.2) is 4.79 Å². The number of anilines is 1. The van der Waals surface area contributed by atoms with Crippen molar-refractivity contribution in [2.24, 2.45) is 4.99 Å². The van der Waals surface area contributed by atoms with Gasteiger partial charge in [0.25, 0.3) is 0 Å². The van der Waals surface area contributed by atoms with Crippen LogP contribution in [0.15, 0.2) is 59.7 Å². The van der Waals surface area contributed by atoms with E-state index in [1.54, 1.807) is 36.7 Å². The van der Waals surface area contributed by atoms with E-state index in [9.17, 15) is 9.59 Å². The Labute approximate surface area is 155 Å². The SMILES string of the molecule is COC(=O)c1cc(N=CC2C(=O)Nc3ccccc32)ccc1-c1ccn[nH]1. The number of fused-ring (bicyclic) bond motifs is 1. The normalized spacial score (nSPS) is 15.6. The van der Waals surface area contributed by atoms with Crippen LogP contribution in [0.4, 0.5) is 11.4 Å². The number of aromatic nitrogens is 2. The summed E-state index contributed by atoms with van der Waals surface area (Å²) in [6.07, 6.45) is 3.20. The highest BCUT2D eigenvalue weighted by atomic mass is 16.5. The Balaban J connectivity index is 1.68. The van der Waals surface area contributed by atoms with Crippen LogP contribution in [0.2, 0.25) is 0 Å². The highest BCUT2D eigenvalue weighted by molar-refractivity contribution is 6.12. The Hall–Kier alpha value is -3.74. The van der Waals surface area contributed by atoms with E-state index in [0.29, 0.717) is 22.5 Å². The third kappa shape index (κ3) is 3.10. The van der Waals surface area contributed by atoms with Crippen molar-refractivity contribution in [2.75, 3.05) is 12.4 Å². The van der Waals surface area contributed by atoms with Crippen LogP contribution in [0.25, 0.3) is 11.3 Å². The minimum absolute atomic E-state index is 0.123. The minimum atomic E-state index is -0.472. The van der Waals surface area contributed by atoms with Gasteiger partial charge >= 0.3 is 5.97 Å². The molecule has 0 fully saturated rings. The summed E-state index contributed by atoms with van der Waals surface area (Å²) >= 11 is 0. The first-order valence-electron chi connectivity index (χ1n) is 8.33. The molecule has 1 atom stereocenters. The van der Waals surface area contributed by atoms with Crippen molar-refractivity contribution in [1.82, 2.24) is 10.2 Å². The first-order valence-corrected chi connectivity index (χ1v) is 8.33. The first-order chi connectivity index (χ1) is 13.2. The lowest BCUT2D eigenvalue weighted by Crippen LogP contribution is -2.12. The van der Waals surface area contributed by atoms with E-state index in [0.717, 1.165) is 11.3 Å². The van der Waals surface area contributed by atoms with E-state index in [2.05, 4.69) is 20.5 Å². The molecule has 0 radical (unpaired) electrons. The number of carbonyl (C=O) groups is 2. The highest BCUT2D eigenvalue weighted by Gasteiger charge is 2.28. The van der Waals surface area contributed by atoms with E-state index < -0.39 is 11.9 Å². The number of nitrogens with zero attached hydrogens (tertiary/aromatic N) is 2. The average Bonchev–Trinajstić information content (AvgIpc) is 3.33. The van der Waals surface area contributed by atoms with Crippen LogP contribution in [0, 0.1) is 0 Å². The molecule has 1 aliphatic heterocycles. The van der Waals surface area contributed by atoms with E-state index >= 15 is 0 Å². The lowest BCUT2D eigenvalue weighted by molar-refractivity contribution is -0.115. The summed E-state index contributed by atoms with van der Waals surface area (Å²) < 4.78 is 4.88. The number of rotatable bonds is 4. The molecule has 134 valence electrons. The summed E-state index contributed by atoms with van der Waals surface area (Å²) in [5.74, 6) is -1.06. The molecule has 7 heteroatoms. The van der Waals surface area contributed by atoms with E-state index in [-0.39, 0.29) is 5.91 Å². The number of ether oxygens (including phenoxy) is 1. The van der Waals surface area contributed by atoms with Crippen LogP contribution in [0.1, 0.15) is 21.8 Å². The van der Waals surface area contributed by atoms with Crippen molar-refractivity contribution in [2.45, 2.75) is 5.92 Å². The number of hydrogen-bond acceptors (Lipinski definition) is 5. The number of carbonyl (C=O) groups excluding carboxylic acids is 2. The topological polar surface area (TPSA) is 96.4 Å². The fraction of sp³-hybridized carbons (Fsp3) is 0.100. The molecule has 0 aliphatic carbocycles. The molecule has 27 heavy (non-hydrogen) atoms. The molecular formula is C20H16N4O3. The highest BCUT2D eigenvalue weighted by Crippen LogP contribution is 2.32. The lowest BCUT2D eigenvalue weighted by atomic mass is 10.0. The molecule has 2 heterocycles. The summed E-state index contributed by atoms with van der Waals surface area (Å²) in [4.78, 5) is 28.8. The largest absolute Gasteiger partial charge is 0.465 e. The van der Waals surface area contributed by atoms with Crippen molar-refractivity contribution < 1.29 is 14.3 Å². The van der Waals surface area contributed by atoms with Crippen LogP contribution in [0.3, 0.4) is 0 Å². The second kappa shape index (κ2) is 6.87. The Bertz CT molecular complexity index is 1040. The van der Waals surface area contributed by atoms with Crippen molar-refractivity contribution in [3.63, 3.8) is 0 Å². The summed E-state index contributed by atoms with van der Waals surface area (Å²) in [6, 6.07) is 14.5. The smallest absolute Gasteiger partial charge is 0.338 e. The van der Waals surface area contributed by atoms with Gasteiger partial charge in [0.15, 0.2) is 0 Å². The van der Waals surface area contributed by atoms with Gasteiger partial charge in [0.1, 0.15) is 5.92 Å². The Morgan fingerprint density at radius 2 is 2.07 bits per heavy atom. The van der Waals surface area contributed by atoms with Crippen molar-refractivity contribution >= 4 is 29.5 Å². The van der Waals surface area contributed by atoms with E-state index in [1.807, 2.05) is 24.3 Å². The van der Waals surface area contributed by atoms with Gasteiger partial charge in [-0.3, -0.25) is 14.9 Å². The van der Waals surface area contributed by atoms with Crippen LogP contribution in [0.5, 0.6) is 0 Å².